The second-order valence-corrected chi connectivity index (χ2v) is 4.91. The largest absolute Gasteiger partial charge is 0.477 e. The van der Waals surface area contributed by atoms with Gasteiger partial charge in [-0.3, -0.25) is 0 Å². The first-order valence-corrected chi connectivity index (χ1v) is 6.84. The second kappa shape index (κ2) is 7.22. The summed E-state index contributed by atoms with van der Waals surface area (Å²) in [5.41, 5.74) is 1.60. The van der Waals surface area contributed by atoms with Crippen molar-refractivity contribution >= 4 is 11.9 Å². The van der Waals surface area contributed by atoms with E-state index in [0.29, 0.717) is 18.4 Å². The Bertz CT molecular complexity index is 628. The lowest BCUT2D eigenvalue weighted by Gasteiger charge is -2.11. The highest BCUT2D eigenvalue weighted by molar-refractivity contribution is 6.13. The van der Waals surface area contributed by atoms with Gasteiger partial charge in [-0.2, -0.15) is 0 Å². The maximum Gasteiger partial charge on any atom is 0.343 e. The van der Waals surface area contributed by atoms with Gasteiger partial charge in [0, 0.05) is 0 Å². The third-order valence-corrected chi connectivity index (χ3v) is 3.30. The number of carbonyl (C=O) groups is 2. The lowest BCUT2D eigenvalue weighted by molar-refractivity contribution is -0.140. The van der Waals surface area contributed by atoms with E-state index in [4.69, 9.17) is 0 Å². The molecule has 0 aromatic heterocycles. The van der Waals surface area contributed by atoms with E-state index in [1.807, 2.05) is 60.7 Å². The van der Waals surface area contributed by atoms with E-state index in [2.05, 4.69) is 0 Å². The molecule has 22 heavy (non-hydrogen) atoms. The average Bonchev–Trinajstić information content (AvgIpc) is 2.48. The van der Waals surface area contributed by atoms with Crippen molar-refractivity contribution in [3.63, 3.8) is 0 Å². The van der Waals surface area contributed by atoms with Crippen molar-refractivity contribution in [1.29, 1.82) is 0 Å². The molecule has 0 atom stereocenters. The summed E-state index contributed by atoms with van der Waals surface area (Å²) in [4.78, 5) is 22.6. The molecule has 112 valence electrons. The molecule has 4 nitrogen and oxygen atoms in total. The van der Waals surface area contributed by atoms with Gasteiger partial charge in [-0.15, -0.1) is 0 Å². The van der Waals surface area contributed by atoms with Crippen LogP contribution >= 0.6 is 0 Å². The van der Waals surface area contributed by atoms with E-state index in [-0.39, 0.29) is 0 Å². The van der Waals surface area contributed by atoms with Gasteiger partial charge >= 0.3 is 11.9 Å². The monoisotopic (exact) mass is 296 g/mol. The summed E-state index contributed by atoms with van der Waals surface area (Å²) in [7, 11) is 0. The van der Waals surface area contributed by atoms with Crippen LogP contribution in [0.5, 0.6) is 0 Å². The van der Waals surface area contributed by atoms with Crippen molar-refractivity contribution in [2.75, 3.05) is 0 Å². The van der Waals surface area contributed by atoms with E-state index < -0.39 is 17.5 Å². The predicted octanol–water partition coefficient (Wildman–Crippen LogP) is 2.94. The van der Waals surface area contributed by atoms with Gasteiger partial charge in [0.2, 0.25) is 0 Å². The molecule has 0 aliphatic heterocycles. The maximum atomic E-state index is 11.3. The van der Waals surface area contributed by atoms with Crippen LogP contribution < -0.4 is 0 Å². The number of hydrogen-bond donors (Lipinski definition) is 2. The number of carboxylic acids is 2. The van der Waals surface area contributed by atoms with E-state index in [0.717, 1.165) is 11.1 Å². The maximum absolute atomic E-state index is 11.3. The highest BCUT2D eigenvalue weighted by Gasteiger charge is 2.22. The molecule has 0 aliphatic carbocycles. The molecule has 0 heterocycles. The minimum Gasteiger partial charge on any atom is -0.477 e. The Labute approximate surface area is 128 Å². The SMILES string of the molecule is O=C(O)C(C(=O)O)=C(Cc1ccccc1)Cc1ccccc1. The number of allylic oxidation sites excluding steroid dienone is 1. The van der Waals surface area contributed by atoms with Crippen molar-refractivity contribution in [2.24, 2.45) is 0 Å². The van der Waals surface area contributed by atoms with E-state index in [9.17, 15) is 19.8 Å². The molecular weight excluding hydrogens is 280 g/mol. The first-order chi connectivity index (χ1) is 10.6. The van der Waals surface area contributed by atoms with Crippen LogP contribution in [0.1, 0.15) is 11.1 Å². The number of rotatable bonds is 6. The molecule has 0 radical (unpaired) electrons. The van der Waals surface area contributed by atoms with E-state index in [1.165, 1.54) is 0 Å². The van der Waals surface area contributed by atoms with Gasteiger partial charge in [-0.05, 0) is 29.5 Å². The Hall–Kier alpha value is -2.88. The quantitative estimate of drug-likeness (QED) is 0.488. The smallest absolute Gasteiger partial charge is 0.343 e. The summed E-state index contributed by atoms with van der Waals surface area (Å²) in [5, 5.41) is 18.5. The molecule has 2 aromatic carbocycles. The van der Waals surface area contributed by atoms with Gasteiger partial charge in [-0.1, -0.05) is 60.7 Å². The number of hydrogen-bond acceptors (Lipinski definition) is 2. The Morgan fingerprint density at radius 1 is 0.682 bits per heavy atom. The highest BCUT2D eigenvalue weighted by atomic mass is 16.4. The molecule has 0 aliphatic rings. The van der Waals surface area contributed by atoms with Crippen molar-refractivity contribution in [3.8, 4) is 0 Å². The third-order valence-electron chi connectivity index (χ3n) is 3.30. The van der Waals surface area contributed by atoms with Gasteiger partial charge in [0.25, 0.3) is 0 Å². The van der Waals surface area contributed by atoms with Crippen LogP contribution in [0.3, 0.4) is 0 Å². The third kappa shape index (κ3) is 4.06. The first kappa shape index (κ1) is 15.5. The van der Waals surface area contributed by atoms with Crippen LogP contribution in [0.4, 0.5) is 0 Å². The molecule has 0 unspecified atom stereocenters. The van der Waals surface area contributed by atoms with Crippen molar-refractivity contribution in [3.05, 3.63) is 82.9 Å². The molecule has 2 N–H and O–H groups in total. The molecule has 0 spiro atoms. The van der Waals surface area contributed by atoms with Crippen LogP contribution in [0, 0.1) is 0 Å². The summed E-state index contributed by atoms with van der Waals surface area (Å²) >= 11 is 0. The topological polar surface area (TPSA) is 74.6 Å². The van der Waals surface area contributed by atoms with Gasteiger partial charge in [0.05, 0.1) is 0 Å². The Morgan fingerprint density at radius 2 is 1.05 bits per heavy atom. The molecule has 2 aromatic rings. The molecule has 2 rings (SSSR count). The molecule has 0 saturated heterocycles. The molecular formula is C18H16O4. The normalized spacial score (nSPS) is 10.0. The molecule has 0 fully saturated rings. The van der Waals surface area contributed by atoms with Crippen LogP contribution in [0.15, 0.2) is 71.8 Å². The van der Waals surface area contributed by atoms with Gasteiger partial charge in [-0.25, -0.2) is 9.59 Å². The fourth-order valence-corrected chi connectivity index (χ4v) is 2.32. The zero-order valence-electron chi connectivity index (χ0n) is 11.9. The summed E-state index contributed by atoms with van der Waals surface area (Å²) in [5.74, 6) is -2.82. The Morgan fingerprint density at radius 3 is 1.36 bits per heavy atom. The minimum absolute atomic E-state index is 0.295. The first-order valence-electron chi connectivity index (χ1n) is 6.84. The van der Waals surface area contributed by atoms with Crippen LogP contribution in [-0.4, -0.2) is 22.2 Å². The van der Waals surface area contributed by atoms with Gasteiger partial charge in [0.1, 0.15) is 5.57 Å². The minimum atomic E-state index is -1.41. The van der Waals surface area contributed by atoms with Crippen LogP contribution in [0.2, 0.25) is 0 Å². The lowest BCUT2D eigenvalue weighted by atomic mass is 9.94. The van der Waals surface area contributed by atoms with E-state index >= 15 is 0 Å². The lowest BCUT2D eigenvalue weighted by Crippen LogP contribution is -2.16. The molecule has 0 saturated carbocycles. The van der Waals surface area contributed by atoms with Crippen molar-refractivity contribution < 1.29 is 19.8 Å². The number of carboxylic acid groups (broad SMARTS) is 2. The average molecular weight is 296 g/mol. The van der Waals surface area contributed by atoms with E-state index in [1.54, 1.807) is 0 Å². The summed E-state index contributed by atoms with van der Waals surface area (Å²) in [6, 6.07) is 18.5. The molecule has 0 bridgehead atoms. The Balaban J connectivity index is 2.42. The van der Waals surface area contributed by atoms with Crippen molar-refractivity contribution in [2.45, 2.75) is 12.8 Å². The summed E-state index contributed by atoms with van der Waals surface area (Å²) in [6.07, 6.45) is 0.591. The summed E-state index contributed by atoms with van der Waals surface area (Å²) in [6.45, 7) is 0. The molecule has 4 heteroatoms. The fraction of sp³-hybridized carbons (Fsp3) is 0.111. The summed E-state index contributed by atoms with van der Waals surface area (Å²) < 4.78 is 0. The zero-order chi connectivity index (χ0) is 15.9. The highest BCUT2D eigenvalue weighted by Crippen LogP contribution is 2.18. The van der Waals surface area contributed by atoms with Crippen LogP contribution in [0.25, 0.3) is 0 Å². The standard InChI is InChI=1S/C18H16O4/c19-17(20)16(18(21)22)15(11-13-7-3-1-4-8-13)12-14-9-5-2-6-10-14/h1-10H,11-12H2,(H,19,20)(H,21,22). The molecule has 0 amide bonds. The van der Waals surface area contributed by atoms with Crippen LogP contribution in [-0.2, 0) is 22.4 Å². The number of benzene rings is 2. The second-order valence-electron chi connectivity index (χ2n) is 4.91. The Kier molecular flexibility index (Phi) is 5.09. The zero-order valence-corrected chi connectivity index (χ0v) is 11.9. The van der Waals surface area contributed by atoms with Gasteiger partial charge < -0.3 is 10.2 Å². The number of aliphatic carboxylic acids is 2. The van der Waals surface area contributed by atoms with Crippen molar-refractivity contribution in [1.82, 2.24) is 0 Å². The van der Waals surface area contributed by atoms with Gasteiger partial charge in [0.15, 0.2) is 0 Å². The fourth-order valence-electron chi connectivity index (χ4n) is 2.32. The predicted molar refractivity (Wildman–Crippen MR) is 82.6 cm³/mol.